The third kappa shape index (κ3) is 3.78. The fourth-order valence-electron chi connectivity index (χ4n) is 3.59. The third-order valence-electron chi connectivity index (χ3n) is 4.97. The fraction of sp³-hybridized carbons (Fsp3) is 0.227. The summed E-state index contributed by atoms with van der Waals surface area (Å²) in [6.07, 6.45) is 3.65. The molecule has 0 spiro atoms. The van der Waals surface area contributed by atoms with Crippen molar-refractivity contribution in [2.75, 3.05) is 17.7 Å². The number of aryl methyl sites for hydroxylation is 2. The number of phenolic OH excluding ortho intramolecular Hbond substituents is 2. The van der Waals surface area contributed by atoms with E-state index in [-0.39, 0.29) is 23.0 Å². The molecule has 148 valence electrons. The molecule has 1 aromatic heterocycles. The van der Waals surface area contributed by atoms with Gasteiger partial charge >= 0.3 is 0 Å². The van der Waals surface area contributed by atoms with E-state index in [9.17, 15) is 15.0 Å². The Bertz CT molecular complexity index is 1100. The molecule has 2 heterocycles. The predicted molar refractivity (Wildman–Crippen MR) is 114 cm³/mol. The number of benzene rings is 2. The molecule has 0 saturated heterocycles. The molecule has 2 N–H and O–H groups in total. The fourth-order valence-corrected chi connectivity index (χ4v) is 4.02. The predicted octanol–water partition coefficient (Wildman–Crippen LogP) is 4.18. The van der Waals surface area contributed by atoms with Crippen LogP contribution in [0, 0.1) is 6.92 Å². The third-order valence-corrected chi connectivity index (χ3v) is 5.51. The largest absolute Gasteiger partial charge is 0.508 e. The Labute approximate surface area is 173 Å². The topological polar surface area (TPSA) is 86.6 Å². The molecule has 1 amide bonds. The van der Waals surface area contributed by atoms with Crippen molar-refractivity contribution < 1.29 is 15.0 Å². The number of thioether (sulfide) groups is 1. The summed E-state index contributed by atoms with van der Waals surface area (Å²) in [4.78, 5) is 23.7. The van der Waals surface area contributed by atoms with Gasteiger partial charge in [0.05, 0.1) is 11.3 Å². The molecule has 0 aliphatic carbocycles. The van der Waals surface area contributed by atoms with Gasteiger partial charge < -0.3 is 15.1 Å². The quantitative estimate of drug-likeness (QED) is 0.500. The van der Waals surface area contributed by atoms with Gasteiger partial charge in [-0.05, 0) is 61.9 Å². The highest BCUT2D eigenvalue weighted by atomic mass is 32.2. The van der Waals surface area contributed by atoms with E-state index in [1.54, 1.807) is 4.90 Å². The van der Waals surface area contributed by atoms with Crippen molar-refractivity contribution in [3.63, 3.8) is 0 Å². The number of hydrogen-bond acceptors (Lipinski definition) is 6. The van der Waals surface area contributed by atoms with Crippen molar-refractivity contribution in [1.82, 2.24) is 9.97 Å². The van der Waals surface area contributed by atoms with Crippen molar-refractivity contribution in [2.24, 2.45) is 0 Å². The van der Waals surface area contributed by atoms with Gasteiger partial charge in [-0.15, -0.1) is 0 Å². The molecule has 2 aromatic carbocycles. The van der Waals surface area contributed by atoms with Gasteiger partial charge in [-0.2, -0.15) is 0 Å². The lowest BCUT2D eigenvalue weighted by Gasteiger charge is -2.30. The van der Waals surface area contributed by atoms with Crippen LogP contribution in [0.4, 0.5) is 5.69 Å². The molecule has 0 fully saturated rings. The van der Waals surface area contributed by atoms with Gasteiger partial charge in [0.2, 0.25) is 0 Å². The summed E-state index contributed by atoms with van der Waals surface area (Å²) >= 11 is 1.51. The average molecular weight is 407 g/mol. The summed E-state index contributed by atoms with van der Waals surface area (Å²) in [5, 5.41) is 20.3. The molecule has 1 aliphatic heterocycles. The van der Waals surface area contributed by atoms with Crippen LogP contribution in [0.25, 0.3) is 11.3 Å². The van der Waals surface area contributed by atoms with Gasteiger partial charge in [0, 0.05) is 29.6 Å². The summed E-state index contributed by atoms with van der Waals surface area (Å²) in [6.45, 7) is 2.53. The second-order valence-electron chi connectivity index (χ2n) is 6.99. The lowest BCUT2D eigenvalue weighted by molar-refractivity contribution is 0.0982. The Kier molecular flexibility index (Phi) is 5.15. The Morgan fingerprint density at radius 1 is 1.10 bits per heavy atom. The molecule has 0 atom stereocenters. The molecule has 4 rings (SSSR count). The molecule has 1 aliphatic rings. The molecule has 7 heteroatoms. The van der Waals surface area contributed by atoms with Crippen LogP contribution in [0.15, 0.2) is 47.6 Å². The van der Waals surface area contributed by atoms with Crippen molar-refractivity contribution in [2.45, 2.75) is 24.9 Å². The normalized spacial score (nSPS) is 13.2. The van der Waals surface area contributed by atoms with E-state index < -0.39 is 0 Å². The van der Waals surface area contributed by atoms with E-state index in [1.165, 1.54) is 30.0 Å². The molecule has 0 radical (unpaired) electrons. The average Bonchev–Trinajstić information content (AvgIpc) is 2.72. The first kappa shape index (κ1) is 19.3. The minimum Gasteiger partial charge on any atom is -0.508 e. The van der Waals surface area contributed by atoms with Gasteiger partial charge in [0.25, 0.3) is 5.91 Å². The highest BCUT2D eigenvalue weighted by Gasteiger charge is 2.26. The minimum atomic E-state index is -0.279. The monoisotopic (exact) mass is 407 g/mol. The molecule has 6 nitrogen and oxygen atoms in total. The second kappa shape index (κ2) is 7.75. The van der Waals surface area contributed by atoms with Crippen LogP contribution < -0.4 is 4.90 Å². The molecule has 3 aromatic rings. The molecular weight excluding hydrogens is 386 g/mol. The van der Waals surface area contributed by atoms with Gasteiger partial charge in [0.1, 0.15) is 11.5 Å². The number of nitrogens with zero attached hydrogens (tertiary/aromatic N) is 3. The molecule has 0 unspecified atom stereocenters. The molecular formula is C22H21N3O3S. The maximum absolute atomic E-state index is 13.0. The number of carbonyl (C=O) groups excluding carboxylic acids is 1. The lowest BCUT2D eigenvalue weighted by Crippen LogP contribution is -2.35. The van der Waals surface area contributed by atoms with Crippen LogP contribution in [0.1, 0.15) is 28.0 Å². The maximum atomic E-state index is 13.0. The van der Waals surface area contributed by atoms with Crippen molar-refractivity contribution in [3.8, 4) is 22.8 Å². The minimum absolute atomic E-state index is 0.0764. The van der Waals surface area contributed by atoms with Gasteiger partial charge in [-0.1, -0.05) is 17.8 Å². The van der Waals surface area contributed by atoms with Crippen LogP contribution >= 0.6 is 11.8 Å². The van der Waals surface area contributed by atoms with Crippen molar-refractivity contribution >= 4 is 23.4 Å². The zero-order valence-electron chi connectivity index (χ0n) is 16.2. The highest BCUT2D eigenvalue weighted by molar-refractivity contribution is 7.98. The SMILES string of the molecule is CSc1nc(C)cc(-c2ccc3c(c2)CCCN3C(=O)c2ccc(O)cc2O)n1. The van der Waals surface area contributed by atoms with E-state index in [4.69, 9.17) is 0 Å². The van der Waals surface area contributed by atoms with Crippen molar-refractivity contribution in [3.05, 3.63) is 59.3 Å². The standard InChI is InChI=1S/C22H21N3O3S/c1-13-10-18(24-22(23-13)29-2)14-5-8-19-15(11-14)4-3-9-25(19)21(28)17-7-6-16(26)12-20(17)27/h5-8,10-12,26-27H,3-4,9H2,1-2H3. The van der Waals surface area contributed by atoms with Crippen LogP contribution in [0.2, 0.25) is 0 Å². The second-order valence-corrected chi connectivity index (χ2v) is 7.76. The van der Waals surface area contributed by atoms with E-state index in [0.717, 1.165) is 46.2 Å². The number of carbonyl (C=O) groups is 1. The Balaban J connectivity index is 1.70. The zero-order chi connectivity index (χ0) is 20.5. The molecule has 0 bridgehead atoms. The van der Waals surface area contributed by atoms with Crippen LogP contribution in [-0.4, -0.2) is 38.9 Å². The van der Waals surface area contributed by atoms with E-state index >= 15 is 0 Å². The Hall–Kier alpha value is -3.06. The van der Waals surface area contributed by atoms with Gasteiger partial charge in [0.15, 0.2) is 5.16 Å². The first-order valence-electron chi connectivity index (χ1n) is 9.33. The Morgan fingerprint density at radius 3 is 2.69 bits per heavy atom. The van der Waals surface area contributed by atoms with Crippen LogP contribution in [-0.2, 0) is 6.42 Å². The number of phenols is 2. The summed E-state index contributed by atoms with van der Waals surface area (Å²) < 4.78 is 0. The van der Waals surface area contributed by atoms with E-state index in [0.29, 0.717) is 6.54 Å². The van der Waals surface area contributed by atoms with Crippen LogP contribution in [0.5, 0.6) is 11.5 Å². The summed E-state index contributed by atoms with van der Waals surface area (Å²) in [7, 11) is 0. The number of hydrogen-bond donors (Lipinski definition) is 2. The number of fused-ring (bicyclic) bond motifs is 1. The summed E-state index contributed by atoms with van der Waals surface area (Å²) in [6, 6.07) is 12.0. The Morgan fingerprint density at radius 2 is 1.93 bits per heavy atom. The summed E-state index contributed by atoms with van der Waals surface area (Å²) in [5.74, 6) is -0.578. The number of aromatic nitrogens is 2. The van der Waals surface area contributed by atoms with Gasteiger partial charge in [-0.3, -0.25) is 4.79 Å². The van der Waals surface area contributed by atoms with E-state index in [1.807, 2.05) is 31.4 Å². The maximum Gasteiger partial charge on any atom is 0.262 e. The molecule has 0 saturated carbocycles. The van der Waals surface area contributed by atoms with Crippen LogP contribution in [0.3, 0.4) is 0 Å². The summed E-state index contributed by atoms with van der Waals surface area (Å²) in [5.41, 5.74) is 4.86. The first-order valence-corrected chi connectivity index (χ1v) is 10.6. The number of rotatable bonds is 3. The van der Waals surface area contributed by atoms with Crippen molar-refractivity contribution in [1.29, 1.82) is 0 Å². The van der Waals surface area contributed by atoms with Gasteiger partial charge in [-0.25, -0.2) is 9.97 Å². The number of anilines is 1. The zero-order valence-corrected chi connectivity index (χ0v) is 17.0. The van der Waals surface area contributed by atoms with E-state index in [2.05, 4.69) is 16.0 Å². The molecule has 29 heavy (non-hydrogen) atoms. The highest BCUT2D eigenvalue weighted by Crippen LogP contribution is 2.34. The first-order chi connectivity index (χ1) is 14.0. The number of aromatic hydroxyl groups is 2. The lowest BCUT2D eigenvalue weighted by atomic mass is 9.97. The smallest absolute Gasteiger partial charge is 0.262 e. The number of amides is 1.